The van der Waals surface area contributed by atoms with Crippen LogP contribution in [0.15, 0.2) is 29.2 Å². The van der Waals surface area contributed by atoms with Gasteiger partial charge in [0.25, 0.3) is 5.76 Å². The van der Waals surface area contributed by atoms with Crippen molar-refractivity contribution >= 4 is 17.4 Å². The van der Waals surface area contributed by atoms with Crippen molar-refractivity contribution in [2.45, 2.75) is 23.6 Å². The van der Waals surface area contributed by atoms with Crippen LogP contribution >= 0.6 is 11.8 Å². The zero-order valence-electron chi connectivity index (χ0n) is 9.24. The zero-order valence-corrected chi connectivity index (χ0v) is 10.1. The van der Waals surface area contributed by atoms with Gasteiger partial charge >= 0.3 is 0 Å². The van der Waals surface area contributed by atoms with Crippen molar-refractivity contribution in [2.75, 3.05) is 19.0 Å². The van der Waals surface area contributed by atoms with Gasteiger partial charge < -0.3 is 10.1 Å². The number of rotatable bonds is 6. The number of ether oxygens (including phenoxy) is 1. The average Bonchev–Trinajstić information content (AvgIpc) is 2.20. The molecule has 1 rings (SSSR count). The summed E-state index contributed by atoms with van der Waals surface area (Å²) in [5, 5.41) is 3.14. The molecule has 0 aliphatic heterocycles. The number of methoxy groups -OCH3 is 1. The molecule has 0 aliphatic carbocycles. The highest BCUT2D eigenvalue weighted by atomic mass is 32.2. The number of hydrogen-bond acceptors (Lipinski definition) is 3. The van der Waals surface area contributed by atoms with Gasteiger partial charge in [-0.2, -0.15) is 8.78 Å². The van der Waals surface area contributed by atoms with Crippen LogP contribution in [0, 0.1) is 0 Å². The van der Waals surface area contributed by atoms with Gasteiger partial charge in [0.15, 0.2) is 0 Å². The largest absolute Gasteiger partial charge is 0.383 e. The van der Waals surface area contributed by atoms with Crippen molar-refractivity contribution in [2.24, 2.45) is 0 Å². The third kappa shape index (κ3) is 4.37. The number of benzene rings is 1. The van der Waals surface area contributed by atoms with Crippen LogP contribution in [0.25, 0.3) is 0 Å². The van der Waals surface area contributed by atoms with Crippen LogP contribution in [0.2, 0.25) is 0 Å². The van der Waals surface area contributed by atoms with E-state index < -0.39 is 5.76 Å². The summed E-state index contributed by atoms with van der Waals surface area (Å²) in [6, 6.07) is 7.12. The van der Waals surface area contributed by atoms with E-state index in [1.54, 1.807) is 25.3 Å². The van der Waals surface area contributed by atoms with Gasteiger partial charge in [-0.3, -0.25) is 0 Å². The predicted molar refractivity (Wildman–Crippen MR) is 63.3 cm³/mol. The van der Waals surface area contributed by atoms with Gasteiger partial charge in [-0.25, -0.2) is 0 Å². The van der Waals surface area contributed by atoms with Crippen LogP contribution in [0.3, 0.4) is 0 Å². The van der Waals surface area contributed by atoms with Crippen LogP contribution in [0.5, 0.6) is 0 Å². The van der Waals surface area contributed by atoms with Crippen LogP contribution in [-0.2, 0) is 4.74 Å². The Bertz CT molecular complexity index is 323. The highest BCUT2D eigenvalue weighted by molar-refractivity contribution is 7.99. The van der Waals surface area contributed by atoms with Crippen molar-refractivity contribution in [1.29, 1.82) is 0 Å². The first-order chi connectivity index (χ1) is 7.63. The Morgan fingerprint density at radius 3 is 2.69 bits per heavy atom. The Balaban J connectivity index is 2.70. The standard InChI is InChI=1S/C11H15F2NOS/c1-8(7-15-2)14-9-5-3-4-6-10(9)16-11(12)13/h3-6,8,11,14H,7H2,1-2H3. The SMILES string of the molecule is COCC(C)Nc1ccccc1SC(F)F. The molecule has 0 bridgehead atoms. The molecular formula is C11H15F2NOS. The molecule has 1 aromatic carbocycles. The molecule has 0 aliphatic rings. The first-order valence-electron chi connectivity index (χ1n) is 4.92. The van der Waals surface area contributed by atoms with E-state index in [4.69, 9.17) is 4.74 Å². The molecule has 0 aromatic heterocycles. The molecule has 1 aromatic rings. The van der Waals surface area contributed by atoms with E-state index in [0.717, 1.165) is 5.69 Å². The lowest BCUT2D eigenvalue weighted by Gasteiger charge is -2.16. The van der Waals surface area contributed by atoms with E-state index in [9.17, 15) is 8.78 Å². The molecule has 1 N–H and O–H groups in total. The summed E-state index contributed by atoms with van der Waals surface area (Å²) < 4.78 is 29.6. The molecule has 0 fully saturated rings. The van der Waals surface area contributed by atoms with E-state index in [2.05, 4.69) is 5.32 Å². The molecule has 1 unspecified atom stereocenters. The van der Waals surface area contributed by atoms with Gasteiger partial charge in [-0.15, -0.1) is 0 Å². The van der Waals surface area contributed by atoms with Crippen LogP contribution in [0.1, 0.15) is 6.92 Å². The molecule has 0 spiro atoms. The second-order valence-corrected chi connectivity index (χ2v) is 4.41. The van der Waals surface area contributed by atoms with Gasteiger partial charge in [0.2, 0.25) is 0 Å². The van der Waals surface area contributed by atoms with Crippen molar-refractivity contribution < 1.29 is 13.5 Å². The van der Waals surface area contributed by atoms with Crippen molar-refractivity contribution in [3.63, 3.8) is 0 Å². The fourth-order valence-electron chi connectivity index (χ4n) is 1.34. The number of hydrogen-bond donors (Lipinski definition) is 1. The van der Waals surface area contributed by atoms with Gasteiger partial charge in [-0.1, -0.05) is 23.9 Å². The highest BCUT2D eigenvalue weighted by Gasteiger charge is 2.10. The fourth-order valence-corrected chi connectivity index (χ4v) is 1.94. The second kappa shape index (κ2) is 6.70. The number of alkyl halides is 2. The number of nitrogens with one attached hydrogen (secondary N) is 1. The van der Waals surface area contributed by atoms with Crippen molar-refractivity contribution in [3.05, 3.63) is 24.3 Å². The molecular weight excluding hydrogens is 232 g/mol. The van der Waals surface area contributed by atoms with E-state index in [1.807, 2.05) is 13.0 Å². The van der Waals surface area contributed by atoms with E-state index in [1.165, 1.54) is 0 Å². The molecule has 0 heterocycles. The minimum Gasteiger partial charge on any atom is -0.383 e. The Hall–Kier alpha value is -0.810. The fraction of sp³-hybridized carbons (Fsp3) is 0.455. The van der Waals surface area contributed by atoms with Crippen LogP contribution in [-0.4, -0.2) is 25.5 Å². The summed E-state index contributed by atoms with van der Waals surface area (Å²) in [7, 11) is 1.61. The van der Waals surface area contributed by atoms with Gasteiger partial charge in [0.1, 0.15) is 0 Å². The van der Waals surface area contributed by atoms with Crippen LogP contribution < -0.4 is 5.32 Å². The summed E-state index contributed by atoms with van der Waals surface area (Å²) in [6.07, 6.45) is 0. The summed E-state index contributed by atoms with van der Waals surface area (Å²) in [5.74, 6) is -2.40. The molecule has 0 amide bonds. The minimum atomic E-state index is -2.40. The zero-order chi connectivity index (χ0) is 12.0. The maximum atomic E-state index is 12.3. The van der Waals surface area contributed by atoms with E-state index >= 15 is 0 Å². The lowest BCUT2D eigenvalue weighted by molar-refractivity contribution is 0.190. The summed E-state index contributed by atoms with van der Waals surface area (Å²) in [4.78, 5) is 0.556. The molecule has 2 nitrogen and oxygen atoms in total. The first kappa shape index (κ1) is 13.3. The molecule has 16 heavy (non-hydrogen) atoms. The molecule has 90 valence electrons. The summed E-state index contributed by atoms with van der Waals surface area (Å²) >= 11 is 0.548. The molecule has 0 radical (unpaired) electrons. The van der Waals surface area contributed by atoms with Gasteiger partial charge in [0.05, 0.1) is 6.61 Å². The minimum absolute atomic E-state index is 0.0874. The molecule has 0 saturated heterocycles. The van der Waals surface area contributed by atoms with Crippen molar-refractivity contribution in [1.82, 2.24) is 0 Å². The smallest absolute Gasteiger partial charge is 0.288 e. The quantitative estimate of drug-likeness (QED) is 0.778. The highest BCUT2D eigenvalue weighted by Crippen LogP contribution is 2.31. The summed E-state index contributed by atoms with van der Waals surface area (Å²) in [6.45, 7) is 2.47. The maximum absolute atomic E-state index is 12.3. The first-order valence-corrected chi connectivity index (χ1v) is 5.80. The normalized spacial score (nSPS) is 12.8. The number of halogens is 2. The molecule has 5 heteroatoms. The Kier molecular flexibility index (Phi) is 5.55. The van der Waals surface area contributed by atoms with Gasteiger partial charge in [0, 0.05) is 23.7 Å². The topological polar surface area (TPSA) is 21.3 Å². The Labute approximate surface area is 98.4 Å². The lowest BCUT2D eigenvalue weighted by atomic mass is 10.3. The second-order valence-electron chi connectivity index (χ2n) is 3.38. The Morgan fingerprint density at radius 2 is 2.06 bits per heavy atom. The van der Waals surface area contributed by atoms with E-state index in [0.29, 0.717) is 23.3 Å². The average molecular weight is 247 g/mol. The molecule has 0 saturated carbocycles. The number of para-hydroxylation sites is 1. The van der Waals surface area contributed by atoms with Gasteiger partial charge in [-0.05, 0) is 19.1 Å². The van der Waals surface area contributed by atoms with Crippen molar-refractivity contribution in [3.8, 4) is 0 Å². The monoisotopic (exact) mass is 247 g/mol. The third-order valence-corrected chi connectivity index (χ3v) is 2.71. The maximum Gasteiger partial charge on any atom is 0.288 e. The number of thioether (sulfide) groups is 1. The van der Waals surface area contributed by atoms with E-state index in [-0.39, 0.29) is 6.04 Å². The third-order valence-electron chi connectivity index (χ3n) is 1.92. The predicted octanol–water partition coefficient (Wildman–Crippen LogP) is 3.45. The van der Waals surface area contributed by atoms with Crippen LogP contribution in [0.4, 0.5) is 14.5 Å². The number of anilines is 1. The molecule has 1 atom stereocenters. The summed E-state index contributed by atoms with van der Waals surface area (Å²) in [5.41, 5.74) is 0.720. The lowest BCUT2D eigenvalue weighted by Crippen LogP contribution is -2.21. The Morgan fingerprint density at radius 1 is 1.38 bits per heavy atom.